The lowest BCUT2D eigenvalue weighted by Gasteiger charge is -2.23. The second-order valence-electron chi connectivity index (χ2n) is 12.7. The van der Waals surface area contributed by atoms with Gasteiger partial charge in [-0.3, -0.25) is 9.59 Å². The van der Waals surface area contributed by atoms with Crippen molar-refractivity contribution in [3.05, 3.63) is 48.0 Å². The van der Waals surface area contributed by atoms with Gasteiger partial charge in [0.15, 0.2) is 12.2 Å². The van der Waals surface area contributed by atoms with Crippen molar-refractivity contribution < 1.29 is 38.0 Å². The quantitative estimate of drug-likeness (QED) is 0.0470. The Kier molecular flexibility index (Phi) is 18.9. The van der Waals surface area contributed by atoms with Gasteiger partial charge in [-0.2, -0.15) is 0 Å². The molecule has 3 aromatic rings. The molecule has 3 aromatic carbocycles. The fourth-order valence-corrected chi connectivity index (χ4v) is 5.84. The summed E-state index contributed by atoms with van der Waals surface area (Å²) in [5.41, 5.74) is 1.07. The molecule has 0 bridgehead atoms. The Labute approximate surface area is 294 Å². The van der Waals surface area contributed by atoms with Gasteiger partial charge in [-0.15, -0.1) is 0 Å². The summed E-state index contributed by atoms with van der Waals surface area (Å²) in [7, 11) is 0. The van der Waals surface area contributed by atoms with Crippen molar-refractivity contribution >= 4 is 33.5 Å². The van der Waals surface area contributed by atoms with E-state index in [-0.39, 0.29) is 38.4 Å². The summed E-state index contributed by atoms with van der Waals surface area (Å²) in [6.45, 7) is 12.1. The van der Waals surface area contributed by atoms with Gasteiger partial charge in [-0.25, -0.2) is 0 Å². The Hall–Kier alpha value is -3.36. The highest BCUT2D eigenvalue weighted by atomic mass is 16.6. The standard InChI is InChI=1S/C41H60O8/c1-6-10-12-14-16-22-38(42)48-32(27-44-8-3)29-46-40-34-20-18-19-21-35(34)41(37-26-31(5)24-25-36(37)40)47-30-33(28-45-9-4)49-39(43)23-17-15-13-11-7-2/h18-21,24-26,32-33H,6-17,22-23,27-30H2,1-5H3. The Morgan fingerprint density at radius 2 is 1.00 bits per heavy atom. The molecular weight excluding hydrogens is 620 g/mol. The highest BCUT2D eigenvalue weighted by Gasteiger charge is 2.22. The van der Waals surface area contributed by atoms with Crippen molar-refractivity contribution in [2.75, 3.05) is 39.6 Å². The van der Waals surface area contributed by atoms with Crippen LogP contribution >= 0.6 is 0 Å². The molecule has 0 fully saturated rings. The first-order chi connectivity index (χ1) is 23.9. The topological polar surface area (TPSA) is 89.5 Å². The largest absolute Gasteiger partial charge is 0.488 e. The number of hydrogen-bond acceptors (Lipinski definition) is 8. The predicted molar refractivity (Wildman–Crippen MR) is 197 cm³/mol. The smallest absolute Gasteiger partial charge is 0.306 e. The van der Waals surface area contributed by atoms with Crippen LogP contribution in [0.4, 0.5) is 0 Å². The molecule has 272 valence electrons. The van der Waals surface area contributed by atoms with Crippen LogP contribution in [0.3, 0.4) is 0 Å². The molecule has 2 atom stereocenters. The van der Waals surface area contributed by atoms with E-state index in [2.05, 4.69) is 19.9 Å². The van der Waals surface area contributed by atoms with Crippen LogP contribution in [0.1, 0.15) is 110 Å². The summed E-state index contributed by atoms with van der Waals surface area (Å²) in [6.07, 6.45) is 10.3. The van der Waals surface area contributed by atoms with Crippen molar-refractivity contribution in [2.45, 2.75) is 124 Å². The van der Waals surface area contributed by atoms with Crippen LogP contribution in [0.2, 0.25) is 0 Å². The van der Waals surface area contributed by atoms with Crippen LogP contribution in [-0.2, 0) is 28.5 Å². The zero-order valence-electron chi connectivity index (χ0n) is 30.7. The highest BCUT2D eigenvalue weighted by molar-refractivity contribution is 6.11. The zero-order valence-corrected chi connectivity index (χ0v) is 30.7. The molecule has 0 saturated heterocycles. The molecule has 0 aromatic heterocycles. The second kappa shape index (κ2) is 23.1. The number of rotatable bonds is 26. The third kappa shape index (κ3) is 13.8. The molecule has 0 spiro atoms. The third-order valence-corrected chi connectivity index (χ3v) is 8.49. The zero-order chi connectivity index (χ0) is 35.3. The van der Waals surface area contributed by atoms with Gasteiger partial charge in [0.1, 0.15) is 24.7 Å². The van der Waals surface area contributed by atoms with Crippen molar-refractivity contribution in [2.24, 2.45) is 0 Å². The molecule has 8 nitrogen and oxygen atoms in total. The van der Waals surface area contributed by atoms with Gasteiger partial charge >= 0.3 is 11.9 Å². The van der Waals surface area contributed by atoms with Gasteiger partial charge in [-0.05, 0) is 39.7 Å². The van der Waals surface area contributed by atoms with Gasteiger partial charge in [-0.1, -0.05) is 107 Å². The Morgan fingerprint density at radius 3 is 1.47 bits per heavy atom. The van der Waals surface area contributed by atoms with Crippen LogP contribution in [0.15, 0.2) is 42.5 Å². The molecule has 0 aliphatic heterocycles. The molecule has 0 amide bonds. The Bertz CT molecular complexity index is 1400. The first-order valence-corrected chi connectivity index (χ1v) is 18.7. The number of carbonyl (C=O) groups excluding carboxylic acids is 2. The first-order valence-electron chi connectivity index (χ1n) is 18.7. The van der Waals surface area contributed by atoms with E-state index < -0.39 is 12.2 Å². The number of ether oxygens (including phenoxy) is 6. The Morgan fingerprint density at radius 1 is 0.551 bits per heavy atom. The minimum atomic E-state index is -0.543. The maximum Gasteiger partial charge on any atom is 0.306 e. The molecule has 3 rings (SSSR count). The van der Waals surface area contributed by atoms with E-state index in [1.165, 1.54) is 12.8 Å². The summed E-state index contributed by atoms with van der Waals surface area (Å²) in [4.78, 5) is 25.5. The monoisotopic (exact) mass is 680 g/mol. The molecule has 0 aliphatic carbocycles. The second-order valence-corrected chi connectivity index (χ2v) is 12.7. The third-order valence-electron chi connectivity index (χ3n) is 8.49. The van der Waals surface area contributed by atoms with Crippen LogP contribution in [0, 0.1) is 6.92 Å². The van der Waals surface area contributed by atoms with Crippen LogP contribution < -0.4 is 9.47 Å². The van der Waals surface area contributed by atoms with E-state index in [0.717, 1.165) is 78.5 Å². The predicted octanol–water partition coefficient (Wildman–Crippen LogP) is 9.68. The van der Waals surface area contributed by atoms with Gasteiger partial charge in [0, 0.05) is 47.6 Å². The number of aryl methyl sites for hydroxylation is 1. The summed E-state index contributed by atoms with van der Waals surface area (Å²) < 4.78 is 36.1. The Balaban J connectivity index is 1.82. The number of carbonyl (C=O) groups is 2. The van der Waals surface area contributed by atoms with Gasteiger partial charge in [0.05, 0.1) is 13.2 Å². The fourth-order valence-electron chi connectivity index (χ4n) is 5.84. The molecule has 0 heterocycles. The molecule has 2 unspecified atom stereocenters. The van der Waals surface area contributed by atoms with Gasteiger partial charge in [0.25, 0.3) is 0 Å². The minimum Gasteiger partial charge on any atom is -0.488 e. The number of fused-ring (bicyclic) bond motifs is 2. The first kappa shape index (κ1) is 40.1. The van der Waals surface area contributed by atoms with E-state index in [0.29, 0.717) is 37.6 Å². The van der Waals surface area contributed by atoms with E-state index in [1.54, 1.807) is 0 Å². The van der Waals surface area contributed by atoms with Gasteiger partial charge in [0.2, 0.25) is 0 Å². The van der Waals surface area contributed by atoms with E-state index in [1.807, 2.05) is 57.2 Å². The van der Waals surface area contributed by atoms with Crippen molar-refractivity contribution in [1.29, 1.82) is 0 Å². The van der Waals surface area contributed by atoms with Crippen LogP contribution in [0.5, 0.6) is 11.5 Å². The lowest BCUT2D eigenvalue weighted by Crippen LogP contribution is -2.30. The molecular formula is C41H60O8. The van der Waals surface area contributed by atoms with Crippen LogP contribution in [-0.4, -0.2) is 63.8 Å². The summed E-state index contributed by atoms with van der Waals surface area (Å²) >= 11 is 0. The van der Waals surface area contributed by atoms with Gasteiger partial charge < -0.3 is 28.4 Å². The molecule has 0 saturated carbocycles. The molecule has 8 heteroatoms. The van der Waals surface area contributed by atoms with Crippen molar-refractivity contribution in [1.82, 2.24) is 0 Å². The normalized spacial score (nSPS) is 12.6. The number of benzene rings is 3. The average molecular weight is 681 g/mol. The molecule has 0 aliphatic rings. The number of unbranched alkanes of at least 4 members (excludes halogenated alkanes) is 8. The summed E-state index contributed by atoms with van der Waals surface area (Å²) in [5, 5.41) is 3.51. The van der Waals surface area contributed by atoms with Crippen molar-refractivity contribution in [3.63, 3.8) is 0 Å². The maximum absolute atomic E-state index is 12.7. The number of esters is 2. The van der Waals surface area contributed by atoms with E-state index in [9.17, 15) is 9.59 Å². The minimum absolute atomic E-state index is 0.152. The SMILES string of the molecule is CCCCCCCC(=O)OC(COCC)COc1c2ccccc2c(OCC(COCC)OC(=O)CCCCCCC)c2cc(C)ccc12. The van der Waals surface area contributed by atoms with E-state index in [4.69, 9.17) is 28.4 Å². The highest BCUT2D eigenvalue weighted by Crippen LogP contribution is 2.43. The average Bonchev–Trinajstić information content (AvgIpc) is 3.10. The summed E-state index contributed by atoms with van der Waals surface area (Å²) in [5.74, 6) is 0.935. The lowest BCUT2D eigenvalue weighted by atomic mass is 9.99. The van der Waals surface area contributed by atoms with Crippen molar-refractivity contribution in [3.8, 4) is 11.5 Å². The molecule has 0 radical (unpaired) electrons. The van der Waals surface area contributed by atoms with E-state index >= 15 is 0 Å². The lowest BCUT2D eigenvalue weighted by molar-refractivity contribution is -0.155. The molecule has 49 heavy (non-hydrogen) atoms. The summed E-state index contributed by atoms with van der Waals surface area (Å²) in [6, 6.07) is 14.1. The fraction of sp³-hybridized carbons (Fsp3) is 0.610. The number of hydrogen-bond donors (Lipinski definition) is 0. The maximum atomic E-state index is 12.7. The van der Waals surface area contributed by atoms with Crippen LogP contribution in [0.25, 0.3) is 21.5 Å². The molecule has 0 N–H and O–H groups in total.